The molecule has 0 saturated heterocycles. The lowest BCUT2D eigenvalue weighted by atomic mass is 9.83. The van der Waals surface area contributed by atoms with E-state index < -0.39 is 0 Å². The maximum absolute atomic E-state index is 12.9. The summed E-state index contributed by atoms with van der Waals surface area (Å²) in [4.78, 5) is 38.0. The van der Waals surface area contributed by atoms with E-state index in [-0.39, 0.29) is 24.1 Å². The van der Waals surface area contributed by atoms with Gasteiger partial charge in [-0.1, -0.05) is 42.5 Å². The molecule has 2 aromatic carbocycles. The average molecular weight is 377 g/mol. The van der Waals surface area contributed by atoms with E-state index in [9.17, 15) is 14.4 Å². The first-order chi connectivity index (χ1) is 13.2. The molecule has 1 N–H and O–H groups in total. The zero-order chi connectivity index (χ0) is 18.8. The second-order valence-corrected chi connectivity index (χ2v) is 6.92. The number of nitrogens with one attached hydrogen (secondary N) is 1. The zero-order valence-electron chi connectivity index (χ0n) is 14.2. The molecule has 3 aromatic rings. The van der Waals surface area contributed by atoms with Gasteiger partial charge in [0.1, 0.15) is 11.5 Å². The number of hydrogen-bond acceptors (Lipinski definition) is 6. The van der Waals surface area contributed by atoms with Gasteiger partial charge in [0.2, 0.25) is 0 Å². The summed E-state index contributed by atoms with van der Waals surface area (Å²) in [6.45, 7) is 0.482. The summed E-state index contributed by atoms with van der Waals surface area (Å²) < 4.78 is 5.21. The van der Waals surface area contributed by atoms with Crippen molar-refractivity contribution >= 4 is 34.6 Å². The number of carbonyl (C=O) groups is 3. The predicted molar refractivity (Wildman–Crippen MR) is 103 cm³/mol. The number of anilines is 1. The number of rotatable bonds is 5. The smallest absolute Gasteiger partial charge is 0.348 e. The first-order valence-corrected chi connectivity index (χ1v) is 9.30. The van der Waals surface area contributed by atoms with Crippen LogP contribution >= 0.6 is 11.3 Å². The Labute approximate surface area is 159 Å². The highest BCUT2D eigenvalue weighted by Crippen LogP contribution is 2.31. The van der Waals surface area contributed by atoms with Crippen LogP contribution < -0.4 is 5.32 Å². The summed E-state index contributed by atoms with van der Waals surface area (Å²) in [7, 11) is 0. The Balaban J connectivity index is 1.50. The van der Waals surface area contributed by atoms with Gasteiger partial charge in [-0.3, -0.25) is 9.59 Å². The fraction of sp³-hybridized carbons (Fsp3) is 0.0952. The number of fused-ring (bicyclic) bond motifs is 2. The fourth-order valence-corrected chi connectivity index (χ4v) is 3.70. The summed E-state index contributed by atoms with van der Waals surface area (Å²) in [6, 6.07) is 15.5. The van der Waals surface area contributed by atoms with Gasteiger partial charge in [-0.15, -0.1) is 11.3 Å². The summed E-state index contributed by atoms with van der Waals surface area (Å²) in [5, 5.41) is 4.92. The molecule has 0 spiro atoms. The molecule has 134 valence electrons. The Morgan fingerprint density at radius 2 is 1.63 bits per heavy atom. The number of ketones is 2. The highest BCUT2D eigenvalue weighted by molar-refractivity contribution is 7.11. The number of ether oxygens (including phenoxy) is 1. The molecule has 0 amide bonds. The number of benzene rings is 2. The zero-order valence-corrected chi connectivity index (χ0v) is 15.0. The number of carbonyl (C=O) groups excluding carboxylic acids is 3. The third kappa shape index (κ3) is 3.15. The second-order valence-electron chi connectivity index (χ2n) is 5.97. The van der Waals surface area contributed by atoms with E-state index in [0.29, 0.717) is 39.4 Å². The minimum atomic E-state index is -0.373. The molecule has 1 aliphatic rings. The highest BCUT2D eigenvalue weighted by Gasteiger charge is 2.31. The van der Waals surface area contributed by atoms with Gasteiger partial charge in [0.25, 0.3) is 0 Å². The summed E-state index contributed by atoms with van der Waals surface area (Å²) in [5.41, 5.74) is 2.16. The molecule has 0 fully saturated rings. The van der Waals surface area contributed by atoms with Crippen LogP contribution in [0.25, 0.3) is 0 Å². The molecule has 27 heavy (non-hydrogen) atoms. The topological polar surface area (TPSA) is 72.5 Å². The van der Waals surface area contributed by atoms with Crippen molar-refractivity contribution in [2.75, 3.05) is 18.5 Å². The Kier molecular flexibility index (Phi) is 4.56. The van der Waals surface area contributed by atoms with Gasteiger partial charge in [0, 0.05) is 28.9 Å². The van der Waals surface area contributed by atoms with Gasteiger partial charge in [-0.25, -0.2) is 4.79 Å². The van der Waals surface area contributed by atoms with Crippen LogP contribution in [0.3, 0.4) is 0 Å². The van der Waals surface area contributed by atoms with Gasteiger partial charge < -0.3 is 10.1 Å². The second kappa shape index (κ2) is 7.17. The molecule has 6 heteroatoms. The van der Waals surface area contributed by atoms with Crippen molar-refractivity contribution < 1.29 is 19.1 Å². The van der Waals surface area contributed by atoms with Crippen molar-refractivity contribution in [1.82, 2.24) is 0 Å². The van der Waals surface area contributed by atoms with Crippen LogP contribution in [0.5, 0.6) is 0 Å². The molecule has 0 saturated carbocycles. The van der Waals surface area contributed by atoms with Crippen LogP contribution in [-0.2, 0) is 4.74 Å². The molecule has 0 unspecified atom stereocenters. The molecule has 1 aromatic heterocycles. The lowest BCUT2D eigenvalue weighted by molar-refractivity contribution is 0.0526. The van der Waals surface area contributed by atoms with Crippen LogP contribution in [0.4, 0.5) is 5.69 Å². The number of esters is 1. The first-order valence-electron chi connectivity index (χ1n) is 8.43. The van der Waals surface area contributed by atoms with Gasteiger partial charge in [-0.05, 0) is 17.5 Å². The van der Waals surface area contributed by atoms with Gasteiger partial charge in [0.05, 0.1) is 5.56 Å². The molecular weight excluding hydrogens is 362 g/mol. The Morgan fingerprint density at radius 1 is 0.889 bits per heavy atom. The molecule has 1 heterocycles. The minimum Gasteiger partial charge on any atom is -0.460 e. The van der Waals surface area contributed by atoms with E-state index in [1.165, 1.54) is 11.3 Å². The van der Waals surface area contributed by atoms with Crippen molar-refractivity contribution in [3.63, 3.8) is 0 Å². The maximum atomic E-state index is 12.9. The third-order valence-electron chi connectivity index (χ3n) is 4.33. The maximum Gasteiger partial charge on any atom is 0.348 e. The van der Waals surface area contributed by atoms with E-state index in [2.05, 4.69) is 5.32 Å². The number of thiophene rings is 1. The average Bonchev–Trinajstić information content (AvgIpc) is 3.24. The molecule has 5 nitrogen and oxygen atoms in total. The lowest BCUT2D eigenvalue weighted by Crippen LogP contribution is -2.23. The van der Waals surface area contributed by atoms with Gasteiger partial charge in [-0.2, -0.15) is 0 Å². The monoisotopic (exact) mass is 377 g/mol. The minimum absolute atomic E-state index is 0.152. The van der Waals surface area contributed by atoms with Crippen LogP contribution in [0.2, 0.25) is 0 Å². The van der Waals surface area contributed by atoms with Crippen molar-refractivity contribution in [1.29, 1.82) is 0 Å². The van der Waals surface area contributed by atoms with E-state index in [1.54, 1.807) is 54.6 Å². The fourth-order valence-electron chi connectivity index (χ4n) is 3.09. The number of hydrogen-bond donors (Lipinski definition) is 1. The van der Waals surface area contributed by atoms with E-state index in [1.807, 2.05) is 5.38 Å². The Bertz CT molecular complexity index is 1040. The van der Waals surface area contributed by atoms with Crippen molar-refractivity contribution in [2.45, 2.75) is 0 Å². The molecule has 4 rings (SSSR count). The molecule has 0 aliphatic heterocycles. The SMILES string of the molecule is O=C(OCCNc1cccc2c1C(=O)c1ccccc1C2=O)c1cccs1. The van der Waals surface area contributed by atoms with Crippen LogP contribution in [0.1, 0.15) is 41.5 Å². The van der Waals surface area contributed by atoms with E-state index in [0.717, 1.165) is 0 Å². The van der Waals surface area contributed by atoms with Gasteiger partial charge in [0.15, 0.2) is 11.6 Å². The van der Waals surface area contributed by atoms with Crippen molar-refractivity contribution in [3.8, 4) is 0 Å². The van der Waals surface area contributed by atoms with E-state index >= 15 is 0 Å². The largest absolute Gasteiger partial charge is 0.460 e. The summed E-state index contributed by atoms with van der Waals surface area (Å²) in [6.07, 6.45) is 0. The van der Waals surface area contributed by atoms with Crippen LogP contribution in [-0.4, -0.2) is 30.7 Å². The van der Waals surface area contributed by atoms with Gasteiger partial charge >= 0.3 is 5.97 Å². The lowest BCUT2D eigenvalue weighted by Gasteiger charge is -2.20. The summed E-state index contributed by atoms with van der Waals surface area (Å²) in [5.74, 6) is -0.714. The summed E-state index contributed by atoms with van der Waals surface area (Å²) >= 11 is 1.32. The van der Waals surface area contributed by atoms with Crippen molar-refractivity contribution in [3.05, 3.63) is 87.1 Å². The van der Waals surface area contributed by atoms with E-state index in [4.69, 9.17) is 4.74 Å². The highest BCUT2D eigenvalue weighted by atomic mass is 32.1. The Hall–Kier alpha value is -3.25. The van der Waals surface area contributed by atoms with Crippen LogP contribution in [0, 0.1) is 0 Å². The first kappa shape index (κ1) is 17.2. The molecule has 1 aliphatic carbocycles. The van der Waals surface area contributed by atoms with Crippen molar-refractivity contribution in [2.24, 2.45) is 0 Å². The molecular formula is C21H15NO4S. The Morgan fingerprint density at radius 3 is 2.37 bits per heavy atom. The normalized spacial score (nSPS) is 12.3. The molecule has 0 radical (unpaired) electrons. The molecule has 0 atom stereocenters. The third-order valence-corrected chi connectivity index (χ3v) is 5.18. The van der Waals surface area contributed by atoms with Crippen LogP contribution in [0.15, 0.2) is 60.0 Å². The quantitative estimate of drug-likeness (QED) is 0.423. The molecule has 0 bridgehead atoms. The predicted octanol–water partition coefficient (Wildman–Crippen LogP) is 3.79. The standard InChI is InChI=1S/C21H15NO4S/c23-19-13-5-1-2-6-14(13)20(24)18-15(19)7-3-8-16(18)22-10-11-26-21(25)17-9-4-12-27-17/h1-9,12,22H,10-11H2.